The Balaban J connectivity index is 1.35. The highest BCUT2D eigenvalue weighted by Crippen LogP contribution is 2.35. The van der Waals surface area contributed by atoms with Crippen LogP contribution in [0.25, 0.3) is 0 Å². The molecule has 3 aromatic heterocycles. The van der Waals surface area contributed by atoms with Gasteiger partial charge in [-0.3, -0.25) is 19.4 Å². The number of hydrogen-bond acceptors (Lipinski definition) is 5. The van der Waals surface area contributed by atoms with Gasteiger partial charge in [-0.1, -0.05) is 6.07 Å². The van der Waals surface area contributed by atoms with E-state index in [4.69, 9.17) is 4.42 Å². The summed E-state index contributed by atoms with van der Waals surface area (Å²) < 4.78 is 6.97. The molecule has 3 aromatic rings. The summed E-state index contributed by atoms with van der Waals surface area (Å²) in [6.45, 7) is 1.85. The fraction of sp³-hybridized carbons (Fsp3) is 0.304. The minimum atomic E-state index is -0.406. The molecule has 2 aliphatic heterocycles. The van der Waals surface area contributed by atoms with Gasteiger partial charge in [0.2, 0.25) is 0 Å². The van der Waals surface area contributed by atoms with Crippen LogP contribution in [0.5, 0.6) is 0 Å². The molecule has 0 saturated carbocycles. The smallest absolute Gasteiger partial charge is 0.289 e. The number of amides is 2. The molecule has 0 radical (unpaired) electrons. The van der Waals surface area contributed by atoms with Crippen molar-refractivity contribution in [1.82, 2.24) is 19.8 Å². The highest BCUT2D eigenvalue weighted by Gasteiger charge is 2.37. The lowest BCUT2D eigenvalue weighted by Gasteiger charge is -2.42. The molecule has 5 rings (SSSR count). The van der Waals surface area contributed by atoms with Crippen molar-refractivity contribution in [3.8, 4) is 0 Å². The van der Waals surface area contributed by atoms with E-state index in [9.17, 15) is 14.4 Å². The second-order valence-corrected chi connectivity index (χ2v) is 8.08. The molecule has 2 bridgehead atoms. The normalized spacial score (nSPS) is 19.5. The van der Waals surface area contributed by atoms with Crippen molar-refractivity contribution in [2.75, 3.05) is 13.1 Å². The topological polar surface area (TPSA) is 97.4 Å². The predicted octanol–water partition coefficient (Wildman–Crippen LogP) is 2.03. The van der Waals surface area contributed by atoms with Crippen molar-refractivity contribution in [1.29, 1.82) is 0 Å². The molecule has 2 atom stereocenters. The molecule has 1 N–H and O–H groups in total. The maximum Gasteiger partial charge on any atom is 0.289 e. The molecule has 2 aliphatic rings. The van der Waals surface area contributed by atoms with E-state index in [1.165, 1.54) is 6.26 Å². The maximum atomic E-state index is 13.1. The molecule has 0 unspecified atom stereocenters. The number of nitrogens with zero attached hydrogens (tertiary/aromatic N) is 3. The largest absolute Gasteiger partial charge is 0.459 e. The van der Waals surface area contributed by atoms with E-state index < -0.39 is 5.91 Å². The standard InChI is InChI=1S/C23H22N4O4/c28-21(25-11-17-4-1-2-8-24-17)18-6-7-19-16-10-15(13-27(19)22(18)29)12-26(14-16)23(30)20-5-3-9-31-20/h1-9,15-16H,10-14H2,(H,25,28)/t15-,16+/m0/s1. The van der Waals surface area contributed by atoms with Gasteiger partial charge in [0.05, 0.1) is 18.5 Å². The fourth-order valence-corrected chi connectivity index (χ4v) is 4.61. The monoisotopic (exact) mass is 418 g/mol. The first kappa shape index (κ1) is 19.3. The molecule has 158 valence electrons. The van der Waals surface area contributed by atoms with Crippen molar-refractivity contribution in [2.24, 2.45) is 5.92 Å². The zero-order chi connectivity index (χ0) is 21.4. The molecule has 0 aromatic carbocycles. The van der Waals surface area contributed by atoms with Gasteiger partial charge in [0, 0.05) is 37.4 Å². The van der Waals surface area contributed by atoms with Gasteiger partial charge in [-0.2, -0.15) is 0 Å². The third-order valence-electron chi connectivity index (χ3n) is 6.02. The van der Waals surface area contributed by atoms with Crippen LogP contribution in [0.2, 0.25) is 0 Å². The minimum absolute atomic E-state index is 0.0599. The van der Waals surface area contributed by atoms with E-state index in [0.717, 1.165) is 17.8 Å². The summed E-state index contributed by atoms with van der Waals surface area (Å²) >= 11 is 0. The lowest BCUT2D eigenvalue weighted by Crippen LogP contribution is -2.49. The van der Waals surface area contributed by atoms with Gasteiger partial charge in [-0.05, 0) is 48.7 Å². The van der Waals surface area contributed by atoms with Crippen LogP contribution in [-0.2, 0) is 13.1 Å². The number of likely N-dealkylation sites (tertiary alicyclic amines) is 1. The van der Waals surface area contributed by atoms with Crippen molar-refractivity contribution in [3.05, 3.63) is 88.0 Å². The summed E-state index contributed by atoms with van der Waals surface area (Å²) in [6, 6.07) is 12.3. The summed E-state index contributed by atoms with van der Waals surface area (Å²) in [5.74, 6) is 0.0223. The first-order valence-electron chi connectivity index (χ1n) is 10.3. The Bertz CT molecular complexity index is 1170. The van der Waals surface area contributed by atoms with E-state index in [1.54, 1.807) is 39.9 Å². The van der Waals surface area contributed by atoms with Crippen LogP contribution < -0.4 is 10.9 Å². The average molecular weight is 418 g/mol. The zero-order valence-electron chi connectivity index (χ0n) is 16.9. The van der Waals surface area contributed by atoms with E-state index >= 15 is 0 Å². The number of rotatable bonds is 4. The molecule has 1 saturated heterocycles. The molecule has 8 nitrogen and oxygen atoms in total. The van der Waals surface area contributed by atoms with Gasteiger partial charge in [0.1, 0.15) is 5.56 Å². The van der Waals surface area contributed by atoms with E-state index in [0.29, 0.717) is 25.4 Å². The van der Waals surface area contributed by atoms with Crippen molar-refractivity contribution in [3.63, 3.8) is 0 Å². The van der Waals surface area contributed by atoms with Crippen LogP contribution in [0, 0.1) is 5.92 Å². The number of nitrogens with one attached hydrogen (secondary N) is 1. The Labute approximate surface area is 178 Å². The first-order chi connectivity index (χ1) is 15.1. The number of carbonyl (C=O) groups is 2. The molecule has 5 heterocycles. The summed E-state index contributed by atoms with van der Waals surface area (Å²) in [5.41, 5.74) is 1.45. The number of hydrogen-bond donors (Lipinski definition) is 1. The van der Waals surface area contributed by atoms with E-state index in [2.05, 4.69) is 10.3 Å². The third kappa shape index (κ3) is 3.65. The van der Waals surface area contributed by atoms with E-state index in [1.807, 2.05) is 18.2 Å². The fourth-order valence-electron chi connectivity index (χ4n) is 4.61. The Morgan fingerprint density at radius 3 is 2.77 bits per heavy atom. The zero-order valence-corrected chi connectivity index (χ0v) is 16.9. The van der Waals surface area contributed by atoms with Crippen LogP contribution >= 0.6 is 0 Å². The van der Waals surface area contributed by atoms with Gasteiger partial charge in [-0.25, -0.2) is 0 Å². The highest BCUT2D eigenvalue weighted by atomic mass is 16.3. The average Bonchev–Trinajstić information content (AvgIpc) is 3.33. The second kappa shape index (κ2) is 7.86. The number of pyridine rings is 2. The quantitative estimate of drug-likeness (QED) is 0.699. The Morgan fingerprint density at radius 1 is 1.10 bits per heavy atom. The van der Waals surface area contributed by atoms with Crippen LogP contribution in [-0.4, -0.2) is 39.4 Å². The SMILES string of the molecule is O=C(NCc1ccccn1)c1ccc2n(c1=O)C[C@H]1C[C@@H]2CN(C(=O)c2ccco2)C1. The van der Waals surface area contributed by atoms with Crippen molar-refractivity contribution >= 4 is 11.8 Å². The van der Waals surface area contributed by atoms with Gasteiger partial charge in [-0.15, -0.1) is 0 Å². The lowest BCUT2D eigenvalue weighted by molar-refractivity contribution is 0.0563. The lowest BCUT2D eigenvalue weighted by atomic mass is 9.83. The Morgan fingerprint density at radius 2 is 2.00 bits per heavy atom. The number of furan rings is 1. The summed E-state index contributed by atoms with van der Waals surface area (Å²) in [6.07, 6.45) is 4.08. The number of fused-ring (bicyclic) bond motifs is 4. The first-order valence-corrected chi connectivity index (χ1v) is 10.3. The van der Waals surface area contributed by atoms with Gasteiger partial charge >= 0.3 is 0 Å². The van der Waals surface area contributed by atoms with Gasteiger partial charge in [0.15, 0.2) is 5.76 Å². The van der Waals surface area contributed by atoms with Crippen molar-refractivity contribution < 1.29 is 14.0 Å². The summed E-state index contributed by atoms with van der Waals surface area (Å²) in [7, 11) is 0. The molecule has 31 heavy (non-hydrogen) atoms. The highest BCUT2D eigenvalue weighted by molar-refractivity contribution is 5.94. The second-order valence-electron chi connectivity index (χ2n) is 8.08. The molecule has 1 fully saturated rings. The maximum absolute atomic E-state index is 13.1. The Kier molecular flexibility index (Phi) is 4.89. The third-order valence-corrected chi connectivity index (χ3v) is 6.02. The van der Waals surface area contributed by atoms with Crippen LogP contribution in [0.4, 0.5) is 0 Å². The molecular weight excluding hydrogens is 396 g/mol. The van der Waals surface area contributed by atoms with Gasteiger partial charge in [0.25, 0.3) is 17.4 Å². The number of aromatic nitrogens is 2. The number of piperidine rings is 1. The van der Waals surface area contributed by atoms with Crippen molar-refractivity contribution in [2.45, 2.75) is 25.4 Å². The van der Waals surface area contributed by atoms with Crippen LogP contribution in [0.1, 0.15) is 44.6 Å². The summed E-state index contributed by atoms with van der Waals surface area (Å²) in [4.78, 5) is 44.4. The molecule has 2 amide bonds. The molecule has 8 heteroatoms. The van der Waals surface area contributed by atoms with Gasteiger partial charge < -0.3 is 19.2 Å². The van der Waals surface area contributed by atoms with E-state index in [-0.39, 0.29) is 35.4 Å². The van der Waals surface area contributed by atoms with Crippen LogP contribution in [0.15, 0.2) is 64.1 Å². The Hall–Kier alpha value is -3.68. The van der Waals surface area contributed by atoms with Crippen LogP contribution in [0.3, 0.4) is 0 Å². The number of carbonyl (C=O) groups excluding carboxylic acids is 2. The predicted molar refractivity (Wildman–Crippen MR) is 112 cm³/mol. The molecular formula is C23H22N4O4. The minimum Gasteiger partial charge on any atom is -0.459 e. The summed E-state index contributed by atoms with van der Waals surface area (Å²) in [5, 5.41) is 2.77. The molecule has 0 aliphatic carbocycles. The molecule has 0 spiro atoms.